The zero-order valence-electron chi connectivity index (χ0n) is 10.6. The van der Waals surface area contributed by atoms with Crippen LogP contribution in [0.4, 0.5) is 13.6 Å². The summed E-state index contributed by atoms with van der Waals surface area (Å²) in [6, 6.07) is 2.80. The lowest BCUT2D eigenvalue weighted by molar-refractivity contribution is -0.143. The van der Waals surface area contributed by atoms with E-state index in [1.54, 1.807) is 0 Å². The smallest absolute Gasteiger partial charge is 0.315 e. The zero-order valence-corrected chi connectivity index (χ0v) is 10.6. The monoisotopic (exact) mass is 284 g/mol. The Kier molecular flexibility index (Phi) is 3.87. The molecule has 0 aliphatic heterocycles. The Bertz CT molecular complexity index is 544. The summed E-state index contributed by atoms with van der Waals surface area (Å²) >= 11 is 0. The molecule has 3 N–H and O–H groups in total. The van der Waals surface area contributed by atoms with Crippen molar-refractivity contribution in [3.63, 3.8) is 0 Å². The van der Waals surface area contributed by atoms with Crippen molar-refractivity contribution >= 4 is 12.0 Å². The number of rotatable bonds is 5. The molecule has 1 saturated carbocycles. The molecule has 0 bridgehead atoms. The second-order valence-corrected chi connectivity index (χ2v) is 4.87. The zero-order chi connectivity index (χ0) is 14.8. The van der Waals surface area contributed by atoms with E-state index >= 15 is 0 Å². The highest BCUT2D eigenvalue weighted by Crippen LogP contribution is 2.45. The summed E-state index contributed by atoms with van der Waals surface area (Å²) in [6.45, 7) is 0.0923. The van der Waals surface area contributed by atoms with Gasteiger partial charge in [-0.3, -0.25) is 4.79 Å². The number of amides is 2. The minimum atomic E-state index is -0.979. The van der Waals surface area contributed by atoms with Crippen LogP contribution in [0.1, 0.15) is 18.4 Å². The molecule has 108 valence electrons. The second kappa shape index (κ2) is 5.44. The summed E-state index contributed by atoms with van der Waals surface area (Å²) < 4.78 is 25.6. The number of carbonyl (C=O) groups excluding carboxylic acids is 1. The Hall–Kier alpha value is -2.18. The van der Waals surface area contributed by atoms with Gasteiger partial charge in [-0.25, -0.2) is 13.6 Å². The van der Waals surface area contributed by atoms with Gasteiger partial charge >= 0.3 is 12.0 Å². The fourth-order valence-electron chi connectivity index (χ4n) is 1.76. The summed E-state index contributed by atoms with van der Waals surface area (Å²) in [5.74, 6) is -2.85. The second-order valence-electron chi connectivity index (χ2n) is 4.87. The Morgan fingerprint density at radius 1 is 1.20 bits per heavy atom. The molecule has 0 aromatic heterocycles. The van der Waals surface area contributed by atoms with Crippen LogP contribution >= 0.6 is 0 Å². The first-order chi connectivity index (χ1) is 9.43. The quantitative estimate of drug-likeness (QED) is 0.769. The number of aliphatic carboxylic acids is 1. The maximum Gasteiger partial charge on any atom is 0.315 e. The van der Waals surface area contributed by atoms with Gasteiger partial charge in [-0.05, 0) is 30.5 Å². The van der Waals surface area contributed by atoms with Crippen LogP contribution in [0.5, 0.6) is 0 Å². The van der Waals surface area contributed by atoms with Gasteiger partial charge in [-0.15, -0.1) is 0 Å². The summed E-state index contributed by atoms with van der Waals surface area (Å²) in [5.41, 5.74) is -0.419. The molecule has 0 saturated heterocycles. The molecule has 2 rings (SSSR count). The van der Waals surface area contributed by atoms with Gasteiger partial charge in [0.15, 0.2) is 11.6 Å². The highest BCUT2D eigenvalue weighted by Gasteiger charge is 2.50. The van der Waals surface area contributed by atoms with E-state index in [0.29, 0.717) is 18.4 Å². The summed E-state index contributed by atoms with van der Waals surface area (Å²) in [6.07, 6.45) is 1.09. The Morgan fingerprint density at radius 3 is 2.45 bits per heavy atom. The first-order valence-corrected chi connectivity index (χ1v) is 6.12. The van der Waals surface area contributed by atoms with Gasteiger partial charge in [0.1, 0.15) is 0 Å². The minimum Gasteiger partial charge on any atom is -0.481 e. The fourth-order valence-corrected chi connectivity index (χ4v) is 1.76. The molecule has 7 heteroatoms. The van der Waals surface area contributed by atoms with Gasteiger partial charge in [-0.1, -0.05) is 6.07 Å². The lowest BCUT2D eigenvalue weighted by atomic mass is 10.1. The SMILES string of the molecule is O=C(NCc1ccc(F)c(F)c1)NCC1(C(=O)O)CC1. The van der Waals surface area contributed by atoms with E-state index in [9.17, 15) is 18.4 Å². The molecule has 1 aliphatic carbocycles. The average Bonchev–Trinajstić information content (AvgIpc) is 3.19. The van der Waals surface area contributed by atoms with Gasteiger partial charge in [-0.2, -0.15) is 0 Å². The van der Waals surface area contributed by atoms with Crippen molar-refractivity contribution in [3.8, 4) is 0 Å². The maximum atomic E-state index is 12.9. The van der Waals surface area contributed by atoms with Crippen LogP contribution in [0.25, 0.3) is 0 Å². The van der Waals surface area contributed by atoms with E-state index in [2.05, 4.69) is 10.6 Å². The van der Waals surface area contributed by atoms with Crippen molar-refractivity contribution < 1.29 is 23.5 Å². The predicted molar refractivity (Wildman–Crippen MR) is 65.9 cm³/mol. The fraction of sp³-hybridized carbons (Fsp3) is 0.385. The standard InChI is InChI=1S/C13H14F2N2O3/c14-9-2-1-8(5-10(9)15)6-16-12(20)17-7-13(3-4-13)11(18)19/h1-2,5H,3-4,6-7H2,(H,18,19)(H2,16,17,20). The van der Waals surface area contributed by atoms with Gasteiger partial charge in [0.25, 0.3) is 0 Å². The van der Waals surface area contributed by atoms with Crippen molar-refractivity contribution in [1.29, 1.82) is 0 Å². The number of nitrogens with one attached hydrogen (secondary N) is 2. The van der Waals surface area contributed by atoms with Gasteiger partial charge in [0.2, 0.25) is 0 Å². The highest BCUT2D eigenvalue weighted by atomic mass is 19.2. The van der Waals surface area contributed by atoms with E-state index in [-0.39, 0.29) is 13.1 Å². The molecule has 0 unspecified atom stereocenters. The van der Waals surface area contributed by atoms with Gasteiger partial charge < -0.3 is 15.7 Å². The predicted octanol–water partition coefficient (Wildman–Crippen LogP) is 1.63. The number of carboxylic acid groups (broad SMARTS) is 1. The number of hydrogen-bond donors (Lipinski definition) is 3. The first-order valence-electron chi connectivity index (χ1n) is 6.12. The van der Waals surface area contributed by atoms with Gasteiger partial charge in [0.05, 0.1) is 5.41 Å². The normalized spacial score (nSPS) is 15.5. The molecule has 1 fully saturated rings. The van der Waals surface area contributed by atoms with Gasteiger partial charge in [0, 0.05) is 13.1 Å². The van der Waals surface area contributed by atoms with E-state index in [4.69, 9.17) is 5.11 Å². The van der Waals surface area contributed by atoms with Crippen LogP contribution < -0.4 is 10.6 Å². The molecule has 0 spiro atoms. The summed E-state index contributed by atoms with van der Waals surface area (Å²) in [4.78, 5) is 22.4. The minimum absolute atomic E-state index is 0.0309. The molecule has 20 heavy (non-hydrogen) atoms. The summed E-state index contributed by atoms with van der Waals surface area (Å²) in [5, 5.41) is 13.8. The molecule has 1 aromatic rings. The lowest BCUT2D eigenvalue weighted by Gasteiger charge is -2.12. The topological polar surface area (TPSA) is 78.4 Å². The van der Waals surface area contributed by atoms with Crippen LogP contribution in [0, 0.1) is 17.0 Å². The van der Waals surface area contributed by atoms with Crippen molar-refractivity contribution in [1.82, 2.24) is 10.6 Å². The van der Waals surface area contributed by atoms with E-state index < -0.39 is 29.0 Å². The number of carboxylic acids is 1. The molecule has 1 aliphatic rings. The molecular formula is C13H14F2N2O3. The summed E-state index contributed by atoms with van der Waals surface area (Å²) in [7, 11) is 0. The molecule has 1 aromatic carbocycles. The van der Waals surface area contributed by atoms with Crippen molar-refractivity contribution in [3.05, 3.63) is 35.4 Å². The Labute approximate surface area is 114 Å². The lowest BCUT2D eigenvalue weighted by Crippen LogP contribution is -2.40. The van der Waals surface area contributed by atoms with E-state index in [1.165, 1.54) is 6.07 Å². The molecule has 5 nitrogen and oxygen atoms in total. The number of benzene rings is 1. The van der Waals surface area contributed by atoms with Crippen LogP contribution in [0.15, 0.2) is 18.2 Å². The highest BCUT2D eigenvalue weighted by molar-refractivity contribution is 5.80. The average molecular weight is 284 g/mol. The molecule has 0 atom stereocenters. The maximum absolute atomic E-state index is 12.9. The Morgan fingerprint density at radius 2 is 1.90 bits per heavy atom. The third-order valence-corrected chi connectivity index (χ3v) is 3.33. The number of halogens is 2. The third kappa shape index (κ3) is 3.23. The number of urea groups is 1. The molecule has 2 amide bonds. The van der Waals surface area contributed by atoms with Crippen molar-refractivity contribution in [2.24, 2.45) is 5.41 Å². The molecular weight excluding hydrogens is 270 g/mol. The molecule has 0 heterocycles. The molecule has 0 radical (unpaired) electrons. The van der Waals surface area contributed by atoms with Crippen molar-refractivity contribution in [2.45, 2.75) is 19.4 Å². The van der Waals surface area contributed by atoms with Crippen LogP contribution in [0.2, 0.25) is 0 Å². The number of hydrogen-bond acceptors (Lipinski definition) is 2. The van der Waals surface area contributed by atoms with Crippen LogP contribution in [-0.4, -0.2) is 23.7 Å². The Balaban J connectivity index is 1.78. The first kappa shape index (κ1) is 14.2. The van der Waals surface area contributed by atoms with E-state index in [0.717, 1.165) is 12.1 Å². The third-order valence-electron chi connectivity index (χ3n) is 3.33. The number of carbonyl (C=O) groups is 2. The van der Waals surface area contributed by atoms with Crippen LogP contribution in [-0.2, 0) is 11.3 Å². The largest absolute Gasteiger partial charge is 0.481 e. The van der Waals surface area contributed by atoms with Crippen LogP contribution in [0.3, 0.4) is 0 Å². The van der Waals surface area contributed by atoms with E-state index in [1.807, 2.05) is 0 Å². The van der Waals surface area contributed by atoms with Crippen molar-refractivity contribution in [2.75, 3.05) is 6.54 Å².